The summed E-state index contributed by atoms with van der Waals surface area (Å²) in [4.78, 5) is 2.48. The molecule has 0 atom stereocenters. The number of thioether (sulfide) groups is 1. The van der Waals surface area contributed by atoms with Crippen molar-refractivity contribution in [2.45, 2.75) is 33.4 Å². The first-order valence-electron chi connectivity index (χ1n) is 6.88. The molecule has 1 fully saturated rings. The van der Waals surface area contributed by atoms with Crippen molar-refractivity contribution in [1.82, 2.24) is 10.2 Å². The molecule has 0 bridgehead atoms. The third kappa shape index (κ3) is 4.04. The average molecular weight is 268 g/mol. The summed E-state index contributed by atoms with van der Waals surface area (Å²) in [6.45, 7) is 9.60. The van der Waals surface area contributed by atoms with Gasteiger partial charge in [0.05, 0.1) is 6.54 Å². The van der Waals surface area contributed by atoms with Gasteiger partial charge in [0.25, 0.3) is 0 Å². The van der Waals surface area contributed by atoms with Crippen molar-refractivity contribution in [2.24, 2.45) is 0 Å². The highest BCUT2D eigenvalue weighted by Gasteiger charge is 2.14. The Morgan fingerprint density at radius 2 is 2.17 bits per heavy atom. The monoisotopic (exact) mass is 268 g/mol. The Balaban J connectivity index is 1.86. The fraction of sp³-hybridized carbons (Fsp3) is 0.714. The van der Waals surface area contributed by atoms with Crippen LogP contribution in [0.3, 0.4) is 0 Å². The molecule has 0 aliphatic carbocycles. The van der Waals surface area contributed by atoms with Crippen molar-refractivity contribution in [3.8, 4) is 0 Å². The molecule has 1 aliphatic rings. The molecular formula is C14H24N2OS. The number of hydrogen-bond acceptors (Lipinski definition) is 4. The highest BCUT2D eigenvalue weighted by atomic mass is 32.2. The van der Waals surface area contributed by atoms with Gasteiger partial charge in [-0.3, -0.25) is 4.90 Å². The van der Waals surface area contributed by atoms with Crippen molar-refractivity contribution in [2.75, 3.05) is 31.1 Å². The molecule has 1 aromatic heterocycles. The molecule has 1 N–H and O–H groups in total. The Hall–Kier alpha value is -0.450. The normalized spacial score (nSPS) is 17.2. The first-order valence-corrected chi connectivity index (χ1v) is 8.04. The summed E-state index contributed by atoms with van der Waals surface area (Å²) < 4.78 is 5.86. The smallest absolute Gasteiger partial charge is 0.118 e. The summed E-state index contributed by atoms with van der Waals surface area (Å²) in [7, 11) is 0. The zero-order valence-corrected chi connectivity index (χ0v) is 12.3. The van der Waals surface area contributed by atoms with Crippen LogP contribution < -0.4 is 5.32 Å². The van der Waals surface area contributed by atoms with Gasteiger partial charge in [-0.25, -0.2) is 0 Å². The molecule has 1 aromatic rings. The summed E-state index contributed by atoms with van der Waals surface area (Å²) in [6.07, 6.45) is 1.18. The molecule has 0 aromatic carbocycles. The Morgan fingerprint density at radius 1 is 1.39 bits per heavy atom. The number of hydrogen-bond donors (Lipinski definition) is 1. The van der Waals surface area contributed by atoms with Crippen molar-refractivity contribution in [3.05, 3.63) is 23.2 Å². The van der Waals surface area contributed by atoms with E-state index in [1.807, 2.05) is 11.8 Å². The number of nitrogens with one attached hydrogen (secondary N) is 1. The summed E-state index contributed by atoms with van der Waals surface area (Å²) in [6, 6.07) is 2.22. The minimum atomic E-state index is 0.930. The molecule has 4 heteroatoms. The lowest BCUT2D eigenvalue weighted by Gasteiger charge is -2.24. The largest absolute Gasteiger partial charge is 0.465 e. The third-order valence-electron chi connectivity index (χ3n) is 3.30. The first-order chi connectivity index (χ1) is 8.79. The second kappa shape index (κ2) is 7.22. The van der Waals surface area contributed by atoms with E-state index in [0.717, 1.165) is 31.2 Å². The summed E-state index contributed by atoms with van der Waals surface area (Å²) in [5.74, 6) is 4.70. The van der Waals surface area contributed by atoms with E-state index in [9.17, 15) is 0 Å². The lowest BCUT2D eigenvalue weighted by molar-refractivity contribution is 0.266. The molecule has 0 amide bonds. The quantitative estimate of drug-likeness (QED) is 0.803. The van der Waals surface area contributed by atoms with Gasteiger partial charge in [-0.05, 0) is 26.0 Å². The lowest BCUT2D eigenvalue weighted by atomic mass is 10.2. The van der Waals surface area contributed by atoms with E-state index in [1.54, 1.807) is 0 Å². The third-order valence-corrected chi connectivity index (χ3v) is 4.24. The number of nitrogens with zero attached hydrogens (tertiary/aromatic N) is 1. The highest BCUT2D eigenvalue weighted by molar-refractivity contribution is 7.99. The van der Waals surface area contributed by atoms with E-state index in [2.05, 4.69) is 30.1 Å². The van der Waals surface area contributed by atoms with E-state index in [4.69, 9.17) is 4.42 Å². The van der Waals surface area contributed by atoms with Crippen LogP contribution in [0.15, 0.2) is 10.5 Å². The van der Waals surface area contributed by atoms with Gasteiger partial charge >= 0.3 is 0 Å². The van der Waals surface area contributed by atoms with E-state index >= 15 is 0 Å². The van der Waals surface area contributed by atoms with Crippen LogP contribution in [-0.2, 0) is 13.1 Å². The van der Waals surface area contributed by atoms with Crippen LogP contribution in [0.1, 0.15) is 30.4 Å². The molecular weight excluding hydrogens is 244 g/mol. The van der Waals surface area contributed by atoms with Crippen molar-refractivity contribution in [1.29, 1.82) is 0 Å². The molecule has 0 unspecified atom stereocenters. The molecule has 3 nitrogen and oxygen atoms in total. The van der Waals surface area contributed by atoms with Gasteiger partial charge in [0.2, 0.25) is 0 Å². The van der Waals surface area contributed by atoms with Crippen LogP contribution in [0.2, 0.25) is 0 Å². The van der Waals surface area contributed by atoms with Gasteiger partial charge in [0.15, 0.2) is 0 Å². The molecule has 102 valence electrons. The van der Waals surface area contributed by atoms with Crippen molar-refractivity contribution >= 4 is 11.8 Å². The fourth-order valence-corrected chi connectivity index (χ4v) is 3.20. The minimum absolute atomic E-state index is 0.930. The minimum Gasteiger partial charge on any atom is -0.465 e. The topological polar surface area (TPSA) is 28.4 Å². The SMILES string of the molecule is CCCNCc1cc(CN2CCSCC2)oc1C. The van der Waals surface area contributed by atoms with Crippen LogP contribution in [0, 0.1) is 6.92 Å². The summed E-state index contributed by atoms with van der Waals surface area (Å²) in [5, 5.41) is 3.43. The van der Waals surface area contributed by atoms with Crippen LogP contribution in [0.25, 0.3) is 0 Å². The maximum absolute atomic E-state index is 5.86. The zero-order valence-electron chi connectivity index (χ0n) is 11.5. The fourth-order valence-electron chi connectivity index (χ4n) is 2.22. The van der Waals surface area contributed by atoms with Crippen molar-refractivity contribution in [3.63, 3.8) is 0 Å². The first kappa shape index (κ1) is 14.0. The second-order valence-electron chi connectivity index (χ2n) is 4.86. The predicted octanol–water partition coefficient (Wildman–Crippen LogP) is 2.64. The van der Waals surface area contributed by atoms with Gasteiger partial charge < -0.3 is 9.73 Å². The van der Waals surface area contributed by atoms with E-state index in [-0.39, 0.29) is 0 Å². The molecule has 0 saturated carbocycles. The standard InChI is InChI=1S/C14H24N2OS/c1-3-4-15-10-13-9-14(17-12(13)2)11-16-5-7-18-8-6-16/h9,15H,3-8,10-11H2,1-2H3. The Labute approximate surface area is 114 Å². The highest BCUT2D eigenvalue weighted by Crippen LogP contribution is 2.18. The molecule has 1 saturated heterocycles. The molecule has 2 rings (SSSR count). The predicted molar refractivity (Wildman–Crippen MR) is 78.0 cm³/mol. The molecule has 1 aliphatic heterocycles. The second-order valence-corrected chi connectivity index (χ2v) is 6.08. The molecule has 18 heavy (non-hydrogen) atoms. The molecule has 2 heterocycles. The molecule has 0 spiro atoms. The maximum atomic E-state index is 5.86. The Bertz CT molecular complexity index is 359. The van der Waals surface area contributed by atoms with Gasteiger partial charge in [-0.1, -0.05) is 6.92 Å². The lowest BCUT2D eigenvalue weighted by Crippen LogP contribution is -2.31. The van der Waals surface area contributed by atoms with Gasteiger partial charge in [-0.2, -0.15) is 11.8 Å². The maximum Gasteiger partial charge on any atom is 0.118 e. The van der Waals surface area contributed by atoms with E-state index in [1.165, 1.54) is 36.6 Å². The van der Waals surface area contributed by atoms with Crippen molar-refractivity contribution < 1.29 is 4.42 Å². The Morgan fingerprint density at radius 3 is 2.89 bits per heavy atom. The van der Waals surface area contributed by atoms with Gasteiger partial charge in [0, 0.05) is 36.7 Å². The van der Waals surface area contributed by atoms with Crippen LogP contribution in [0.5, 0.6) is 0 Å². The summed E-state index contributed by atoms with van der Waals surface area (Å²) in [5.41, 5.74) is 1.31. The average Bonchev–Trinajstić information content (AvgIpc) is 2.71. The number of aryl methyl sites for hydroxylation is 1. The summed E-state index contributed by atoms with van der Waals surface area (Å²) >= 11 is 2.05. The number of rotatable bonds is 6. The number of furan rings is 1. The van der Waals surface area contributed by atoms with Crippen LogP contribution in [-0.4, -0.2) is 36.0 Å². The van der Waals surface area contributed by atoms with E-state index in [0.29, 0.717) is 0 Å². The van der Waals surface area contributed by atoms with Crippen LogP contribution >= 0.6 is 11.8 Å². The Kier molecular flexibility index (Phi) is 5.60. The molecule has 0 radical (unpaired) electrons. The van der Waals surface area contributed by atoms with Gasteiger partial charge in [0.1, 0.15) is 11.5 Å². The van der Waals surface area contributed by atoms with E-state index < -0.39 is 0 Å². The van der Waals surface area contributed by atoms with Gasteiger partial charge in [-0.15, -0.1) is 0 Å². The van der Waals surface area contributed by atoms with Crippen LogP contribution in [0.4, 0.5) is 0 Å². The zero-order chi connectivity index (χ0) is 12.8.